The Hall–Kier alpha value is -1.60. The quantitative estimate of drug-likeness (QED) is 0.585. The molecule has 2 unspecified atom stereocenters. The first-order valence-corrected chi connectivity index (χ1v) is 14.2. The van der Waals surface area contributed by atoms with Crippen LogP contribution in [0.15, 0.2) is 24.3 Å². The number of carbonyl (C=O) groups excluding carboxylic acids is 1. The number of amides is 1. The number of sulfonamides is 1. The molecule has 0 aromatic heterocycles. The maximum absolute atomic E-state index is 11.8. The number of fused-ring (bicyclic) bond motifs is 1. The number of hydrogen-bond acceptors (Lipinski definition) is 4. The highest BCUT2D eigenvalue weighted by Crippen LogP contribution is 2.65. The molecule has 7 heteroatoms. The maximum atomic E-state index is 11.8. The Labute approximate surface area is 193 Å². The third-order valence-electron chi connectivity index (χ3n) is 8.28. The molecule has 0 bridgehead atoms. The third-order valence-corrected chi connectivity index (χ3v) is 8.89. The van der Waals surface area contributed by atoms with Crippen molar-refractivity contribution in [3.63, 3.8) is 0 Å². The van der Waals surface area contributed by atoms with E-state index in [1.165, 1.54) is 31.1 Å². The molecular formula is C25H39N3O3S. The minimum absolute atomic E-state index is 0.0208. The molecule has 4 rings (SSSR count). The molecule has 2 saturated carbocycles. The zero-order chi connectivity index (χ0) is 23.0. The topological polar surface area (TPSA) is 78.5 Å². The van der Waals surface area contributed by atoms with Crippen LogP contribution in [0.1, 0.15) is 70.8 Å². The van der Waals surface area contributed by atoms with E-state index in [1.807, 2.05) is 18.2 Å². The predicted molar refractivity (Wildman–Crippen MR) is 129 cm³/mol. The van der Waals surface area contributed by atoms with Gasteiger partial charge in [0.05, 0.1) is 6.26 Å². The Bertz CT molecular complexity index is 928. The van der Waals surface area contributed by atoms with E-state index >= 15 is 0 Å². The maximum Gasteiger partial charge on any atom is 0.229 e. The van der Waals surface area contributed by atoms with Crippen molar-refractivity contribution in [2.24, 2.45) is 11.8 Å². The molecule has 2 atom stereocenters. The van der Waals surface area contributed by atoms with Crippen LogP contribution in [-0.4, -0.2) is 50.7 Å². The molecule has 1 aromatic carbocycles. The highest BCUT2D eigenvalue weighted by Gasteiger charge is 2.67. The Morgan fingerprint density at radius 1 is 1.16 bits per heavy atom. The van der Waals surface area contributed by atoms with E-state index in [1.54, 1.807) is 6.92 Å². The largest absolute Gasteiger partial charge is 0.351 e. The fraction of sp³-hybridized carbons (Fsp3) is 0.720. The normalized spacial score (nSPS) is 29.3. The molecule has 6 nitrogen and oxygen atoms in total. The number of rotatable bonds is 9. The molecule has 2 aliphatic carbocycles. The smallest absolute Gasteiger partial charge is 0.229 e. The van der Waals surface area contributed by atoms with Crippen LogP contribution in [0.4, 0.5) is 5.69 Å². The van der Waals surface area contributed by atoms with Crippen LogP contribution in [0.5, 0.6) is 0 Å². The van der Waals surface area contributed by atoms with E-state index in [2.05, 4.69) is 27.9 Å². The van der Waals surface area contributed by atoms with Crippen molar-refractivity contribution < 1.29 is 13.2 Å². The molecule has 32 heavy (non-hydrogen) atoms. The molecule has 1 saturated heterocycles. The zero-order valence-corrected chi connectivity index (χ0v) is 20.6. The van der Waals surface area contributed by atoms with Crippen LogP contribution in [0.2, 0.25) is 0 Å². The molecule has 178 valence electrons. The summed E-state index contributed by atoms with van der Waals surface area (Å²) in [5.74, 6) is 1.41. The summed E-state index contributed by atoms with van der Waals surface area (Å²) in [6.45, 7) is 7.25. The standard InChI is InChI=1S/C25H39N3O3S/c1-4-25(20-10-8-11-21(16-20)27-32(3,30)31)22-17-28(18-23(22)25)15-9-14-24(26-19(2)29)12-6-5-7-13-24/h8,10-11,16,22-23,27H,4-7,9,12-15,17-18H2,1-3H3,(H,26,29). The van der Waals surface area contributed by atoms with Gasteiger partial charge in [0, 0.05) is 36.7 Å². The Morgan fingerprint density at radius 3 is 2.44 bits per heavy atom. The summed E-state index contributed by atoms with van der Waals surface area (Å²) in [6, 6.07) is 8.00. The molecule has 1 heterocycles. The van der Waals surface area contributed by atoms with Crippen LogP contribution in [0.3, 0.4) is 0 Å². The second kappa shape index (κ2) is 8.98. The summed E-state index contributed by atoms with van der Waals surface area (Å²) in [7, 11) is -3.27. The van der Waals surface area contributed by atoms with Crippen molar-refractivity contribution in [2.75, 3.05) is 30.6 Å². The number of hydrogen-bond donors (Lipinski definition) is 2. The van der Waals surface area contributed by atoms with Crippen LogP contribution in [-0.2, 0) is 20.2 Å². The summed E-state index contributed by atoms with van der Waals surface area (Å²) in [4.78, 5) is 14.4. The van der Waals surface area contributed by atoms with Gasteiger partial charge in [-0.1, -0.05) is 38.3 Å². The molecule has 1 amide bonds. The van der Waals surface area contributed by atoms with Crippen LogP contribution >= 0.6 is 0 Å². The SMILES string of the molecule is CCC1(c2cccc(NS(C)(=O)=O)c2)C2CN(CCCC3(NC(C)=O)CCCCC3)CC21. The number of likely N-dealkylation sites (tertiary alicyclic amines) is 1. The minimum Gasteiger partial charge on any atom is -0.351 e. The van der Waals surface area contributed by atoms with E-state index < -0.39 is 10.0 Å². The highest BCUT2D eigenvalue weighted by molar-refractivity contribution is 7.92. The number of piperidine rings is 1. The molecule has 3 fully saturated rings. The average molecular weight is 462 g/mol. The highest BCUT2D eigenvalue weighted by atomic mass is 32.2. The van der Waals surface area contributed by atoms with Crippen LogP contribution in [0.25, 0.3) is 0 Å². The third kappa shape index (κ3) is 4.84. The Balaban J connectivity index is 1.33. The van der Waals surface area contributed by atoms with E-state index in [0.29, 0.717) is 17.5 Å². The van der Waals surface area contributed by atoms with Crippen molar-refractivity contribution in [1.29, 1.82) is 0 Å². The van der Waals surface area contributed by atoms with Gasteiger partial charge in [0.1, 0.15) is 0 Å². The lowest BCUT2D eigenvalue weighted by atomic mass is 9.78. The number of carbonyl (C=O) groups is 1. The Kier molecular flexibility index (Phi) is 6.61. The first-order chi connectivity index (χ1) is 15.2. The monoisotopic (exact) mass is 461 g/mol. The molecule has 2 N–H and O–H groups in total. The van der Waals surface area contributed by atoms with Crippen LogP contribution < -0.4 is 10.0 Å². The summed E-state index contributed by atoms with van der Waals surface area (Å²) >= 11 is 0. The van der Waals surface area contributed by atoms with Crippen molar-refractivity contribution in [3.05, 3.63) is 29.8 Å². The second-order valence-corrected chi connectivity index (χ2v) is 12.2. The van der Waals surface area contributed by atoms with Gasteiger partial charge in [-0.2, -0.15) is 0 Å². The van der Waals surface area contributed by atoms with Gasteiger partial charge in [-0.05, 0) is 68.2 Å². The average Bonchev–Trinajstić information content (AvgIpc) is 3.09. The first kappa shape index (κ1) is 23.6. The fourth-order valence-electron chi connectivity index (χ4n) is 6.92. The van der Waals surface area contributed by atoms with Crippen molar-refractivity contribution in [1.82, 2.24) is 10.2 Å². The van der Waals surface area contributed by atoms with Crippen molar-refractivity contribution in [3.8, 4) is 0 Å². The summed E-state index contributed by atoms with van der Waals surface area (Å²) in [5, 5.41) is 3.30. The fourth-order valence-corrected chi connectivity index (χ4v) is 7.48. The molecule has 1 aromatic rings. The van der Waals surface area contributed by atoms with E-state index in [0.717, 1.165) is 51.7 Å². The van der Waals surface area contributed by atoms with E-state index in [4.69, 9.17) is 0 Å². The van der Waals surface area contributed by atoms with Gasteiger partial charge < -0.3 is 10.2 Å². The molecule has 0 radical (unpaired) electrons. The summed E-state index contributed by atoms with van der Waals surface area (Å²) < 4.78 is 25.9. The summed E-state index contributed by atoms with van der Waals surface area (Å²) in [6.07, 6.45) is 10.5. The minimum atomic E-state index is -3.27. The van der Waals surface area contributed by atoms with E-state index in [-0.39, 0.29) is 16.9 Å². The number of nitrogens with zero attached hydrogens (tertiary/aromatic N) is 1. The van der Waals surface area contributed by atoms with Gasteiger partial charge in [-0.15, -0.1) is 0 Å². The molecule has 1 aliphatic heterocycles. The molecule has 3 aliphatic rings. The lowest BCUT2D eigenvalue weighted by Crippen LogP contribution is -2.49. The molecular weight excluding hydrogens is 422 g/mol. The van der Waals surface area contributed by atoms with Crippen LogP contribution in [0, 0.1) is 11.8 Å². The lowest BCUT2D eigenvalue weighted by Gasteiger charge is -2.38. The number of benzene rings is 1. The Morgan fingerprint density at radius 2 is 1.84 bits per heavy atom. The van der Waals surface area contributed by atoms with Gasteiger partial charge in [0.25, 0.3) is 0 Å². The predicted octanol–water partition coefficient (Wildman–Crippen LogP) is 3.89. The number of nitrogens with one attached hydrogen (secondary N) is 2. The number of anilines is 1. The lowest BCUT2D eigenvalue weighted by molar-refractivity contribution is -0.121. The first-order valence-electron chi connectivity index (χ1n) is 12.3. The van der Waals surface area contributed by atoms with E-state index in [9.17, 15) is 13.2 Å². The van der Waals surface area contributed by atoms with Gasteiger partial charge in [0.15, 0.2) is 0 Å². The van der Waals surface area contributed by atoms with Gasteiger partial charge in [0.2, 0.25) is 15.9 Å². The molecule has 0 spiro atoms. The zero-order valence-electron chi connectivity index (χ0n) is 19.8. The second-order valence-electron chi connectivity index (χ2n) is 10.4. The van der Waals surface area contributed by atoms with Gasteiger partial charge in [-0.3, -0.25) is 9.52 Å². The van der Waals surface area contributed by atoms with Gasteiger partial charge in [-0.25, -0.2) is 8.42 Å². The summed E-state index contributed by atoms with van der Waals surface area (Å²) in [5.41, 5.74) is 2.14. The van der Waals surface area contributed by atoms with Crippen molar-refractivity contribution >= 4 is 21.6 Å². The van der Waals surface area contributed by atoms with Gasteiger partial charge >= 0.3 is 0 Å². The van der Waals surface area contributed by atoms with Crippen molar-refractivity contribution in [2.45, 2.75) is 76.2 Å².